The summed E-state index contributed by atoms with van der Waals surface area (Å²) in [5.41, 5.74) is 0. The van der Waals surface area contributed by atoms with Crippen LogP contribution in [0.5, 0.6) is 0 Å². The van der Waals surface area contributed by atoms with Crippen molar-refractivity contribution >= 4 is 15.9 Å². The highest BCUT2D eigenvalue weighted by atomic mass is 79.9. The molecule has 1 aromatic rings. The van der Waals surface area contributed by atoms with Crippen LogP contribution in [0.3, 0.4) is 0 Å². The van der Waals surface area contributed by atoms with Crippen molar-refractivity contribution in [2.45, 2.75) is 36.6 Å². The molecule has 1 unspecified atom stereocenters. The lowest BCUT2D eigenvalue weighted by atomic mass is 9.95. The predicted molar refractivity (Wildman–Crippen MR) is 56.9 cm³/mol. The average Bonchev–Trinajstić information content (AvgIpc) is 2.20. The van der Waals surface area contributed by atoms with E-state index in [-0.39, 0.29) is 17.0 Å². The maximum absolute atomic E-state index is 3.77. The third-order valence-corrected chi connectivity index (χ3v) is 3.84. The molecule has 1 aliphatic carbocycles. The largest absolute Gasteiger partial charge is 1.00 e. The van der Waals surface area contributed by atoms with Crippen molar-refractivity contribution in [3.05, 3.63) is 30.6 Å². The second-order valence-corrected chi connectivity index (χ2v) is 4.87. The lowest BCUT2D eigenvalue weighted by molar-refractivity contribution is -0.724. The number of hydrogen-bond acceptors (Lipinski definition) is 0. The topological polar surface area (TPSA) is 3.88 Å². The molecule has 0 spiro atoms. The molecule has 0 amide bonds. The van der Waals surface area contributed by atoms with E-state index in [1.54, 1.807) is 0 Å². The zero-order chi connectivity index (χ0) is 9.10. The highest BCUT2D eigenvalue weighted by molar-refractivity contribution is 9.09. The molecule has 1 nitrogen and oxygen atoms in total. The van der Waals surface area contributed by atoms with Crippen LogP contribution in [-0.4, -0.2) is 4.83 Å². The number of aromatic nitrogens is 1. The Balaban J connectivity index is 0.000000980. The molecular formula is C11H15Br2N. The number of hydrogen-bond donors (Lipinski definition) is 0. The number of halogens is 2. The van der Waals surface area contributed by atoms with Gasteiger partial charge in [-0.2, -0.15) is 0 Å². The van der Waals surface area contributed by atoms with E-state index in [2.05, 4.69) is 51.1 Å². The summed E-state index contributed by atoms with van der Waals surface area (Å²) >= 11 is 3.77. The normalized spacial score (nSPS) is 26.6. The summed E-state index contributed by atoms with van der Waals surface area (Å²) in [5, 5.41) is 0. The molecule has 14 heavy (non-hydrogen) atoms. The average molecular weight is 321 g/mol. The maximum Gasteiger partial charge on any atom is 0.170 e. The van der Waals surface area contributed by atoms with E-state index >= 15 is 0 Å². The number of pyridine rings is 1. The van der Waals surface area contributed by atoms with Gasteiger partial charge in [-0.3, -0.25) is 0 Å². The van der Waals surface area contributed by atoms with Gasteiger partial charge in [0.15, 0.2) is 18.4 Å². The van der Waals surface area contributed by atoms with E-state index in [0.29, 0.717) is 10.9 Å². The van der Waals surface area contributed by atoms with E-state index in [1.165, 1.54) is 25.7 Å². The van der Waals surface area contributed by atoms with Crippen molar-refractivity contribution in [2.75, 3.05) is 0 Å². The van der Waals surface area contributed by atoms with Crippen molar-refractivity contribution in [1.82, 2.24) is 0 Å². The van der Waals surface area contributed by atoms with Crippen LogP contribution >= 0.6 is 15.9 Å². The van der Waals surface area contributed by atoms with Gasteiger partial charge < -0.3 is 17.0 Å². The molecule has 0 radical (unpaired) electrons. The minimum absolute atomic E-state index is 0. The first-order valence-corrected chi connectivity index (χ1v) is 5.89. The third-order valence-electron chi connectivity index (χ3n) is 2.77. The summed E-state index contributed by atoms with van der Waals surface area (Å²) in [5.74, 6) is 0. The summed E-state index contributed by atoms with van der Waals surface area (Å²) in [6, 6.07) is 6.94. The fourth-order valence-electron chi connectivity index (χ4n) is 2.03. The summed E-state index contributed by atoms with van der Waals surface area (Å²) in [4.78, 5) is 0.661. The first-order chi connectivity index (χ1) is 6.38. The Kier molecular flexibility index (Phi) is 5.10. The molecule has 1 saturated carbocycles. The van der Waals surface area contributed by atoms with Crippen molar-refractivity contribution < 1.29 is 21.5 Å². The van der Waals surface area contributed by atoms with Crippen LogP contribution in [0.2, 0.25) is 0 Å². The van der Waals surface area contributed by atoms with E-state index < -0.39 is 0 Å². The van der Waals surface area contributed by atoms with Gasteiger partial charge in [-0.1, -0.05) is 28.4 Å². The fraction of sp³-hybridized carbons (Fsp3) is 0.545. The molecule has 0 aliphatic heterocycles. The van der Waals surface area contributed by atoms with Crippen LogP contribution in [0.1, 0.15) is 31.7 Å². The summed E-state index contributed by atoms with van der Waals surface area (Å²) in [7, 11) is 0. The molecular weight excluding hydrogens is 306 g/mol. The highest BCUT2D eigenvalue weighted by Crippen LogP contribution is 2.29. The molecule has 2 rings (SSSR count). The van der Waals surface area contributed by atoms with E-state index in [4.69, 9.17) is 0 Å². The minimum Gasteiger partial charge on any atom is -1.00 e. The van der Waals surface area contributed by atoms with Crippen LogP contribution in [0.25, 0.3) is 0 Å². The Hall–Kier alpha value is 0.110. The summed E-state index contributed by atoms with van der Waals surface area (Å²) < 4.78 is 2.33. The maximum atomic E-state index is 3.77. The van der Waals surface area contributed by atoms with Crippen molar-refractivity contribution in [3.8, 4) is 0 Å². The van der Waals surface area contributed by atoms with Crippen LogP contribution < -0.4 is 21.5 Å². The first-order valence-electron chi connectivity index (χ1n) is 4.98. The molecule has 1 fully saturated rings. The van der Waals surface area contributed by atoms with Crippen LogP contribution in [0.4, 0.5) is 0 Å². The van der Waals surface area contributed by atoms with Gasteiger partial charge in [0.2, 0.25) is 0 Å². The monoisotopic (exact) mass is 319 g/mol. The Morgan fingerprint density at radius 3 is 2.29 bits per heavy atom. The molecule has 0 bridgehead atoms. The van der Waals surface area contributed by atoms with Gasteiger partial charge in [-0.25, -0.2) is 4.57 Å². The molecule has 3 heteroatoms. The van der Waals surface area contributed by atoms with E-state index in [1.807, 2.05) is 0 Å². The zero-order valence-electron chi connectivity index (χ0n) is 8.07. The molecule has 1 aromatic heterocycles. The van der Waals surface area contributed by atoms with Gasteiger partial charge in [0, 0.05) is 18.6 Å². The van der Waals surface area contributed by atoms with Crippen LogP contribution in [0, 0.1) is 0 Å². The van der Waals surface area contributed by atoms with E-state index in [9.17, 15) is 0 Å². The minimum atomic E-state index is 0. The third kappa shape index (κ3) is 2.80. The first kappa shape index (κ1) is 12.2. The van der Waals surface area contributed by atoms with Crippen molar-refractivity contribution in [3.63, 3.8) is 0 Å². The standard InChI is InChI=1S/C11H15BrN.BrH/c12-10-6-2-3-7-11(10)13-8-4-1-5-9-13;/h1,4-5,8-11H,2-3,6-7H2;1H/q+1;/p-1/t10-,11?;/m0./s1. The highest BCUT2D eigenvalue weighted by Gasteiger charge is 2.29. The van der Waals surface area contributed by atoms with Gasteiger partial charge in [0.25, 0.3) is 0 Å². The Bertz CT molecular complexity index is 263. The number of rotatable bonds is 1. The lowest BCUT2D eigenvalue weighted by Crippen LogP contribution is -3.00. The van der Waals surface area contributed by atoms with Gasteiger partial charge in [0.1, 0.15) is 0 Å². The molecule has 0 aromatic carbocycles. The van der Waals surface area contributed by atoms with Gasteiger partial charge in [0.05, 0.1) is 4.83 Å². The Morgan fingerprint density at radius 1 is 1.00 bits per heavy atom. The number of alkyl halides is 1. The SMILES string of the molecule is Br[C@H]1CCCCC1[n+]1ccccc1.[Br-]. The number of nitrogens with zero attached hydrogens (tertiary/aromatic N) is 1. The fourth-order valence-corrected chi connectivity index (χ4v) is 2.90. The predicted octanol–water partition coefficient (Wildman–Crippen LogP) is -0.143. The summed E-state index contributed by atoms with van der Waals surface area (Å²) in [6.07, 6.45) is 9.71. The van der Waals surface area contributed by atoms with E-state index in [0.717, 1.165) is 0 Å². The molecule has 2 atom stereocenters. The quantitative estimate of drug-likeness (QED) is 0.501. The zero-order valence-corrected chi connectivity index (χ0v) is 11.2. The lowest BCUT2D eigenvalue weighted by Gasteiger charge is -2.22. The molecule has 1 aliphatic rings. The molecule has 1 heterocycles. The van der Waals surface area contributed by atoms with Gasteiger partial charge in [-0.05, 0) is 12.8 Å². The van der Waals surface area contributed by atoms with Crippen LogP contribution in [0.15, 0.2) is 30.6 Å². The molecule has 0 saturated heterocycles. The molecule has 78 valence electrons. The molecule has 0 N–H and O–H groups in total. The second-order valence-electron chi connectivity index (χ2n) is 3.69. The van der Waals surface area contributed by atoms with Gasteiger partial charge >= 0.3 is 0 Å². The van der Waals surface area contributed by atoms with Gasteiger partial charge in [-0.15, -0.1) is 0 Å². The Labute approximate surface area is 104 Å². The Morgan fingerprint density at radius 2 is 1.64 bits per heavy atom. The van der Waals surface area contributed by atoms with Crippen molar-refractivity contribution in [2.24, 2.45) is 0 Å². The smallest absolute Gasteiger partial charge is 0.170 e. The van der Waals surface area contributed by atoms with Crippen LogP contribution in [-0.2, 0) is 0 Å². The second kappa shape index (κ2) is 5.86. The van der Waals surface area contributed by atoms with Crippen molar-refractivity contribution in [1.29, 1.82) is 0 Å². The summed E-state index contributed by atoms with van der Waals surface area (Å²) in [6.45, 7) is 0.